The molecule has 91 valence electrons. The Morgan fingerprint density at radius 3 is 2.56 bits per heavy atom. The lowest BCUT2D eigenvalue weighted by molar-refractivity contribution is 0.0780. The summed E-state index contributed by atoms with van der Waals surface area (Å²) < 4.78 is 13.5. The molecule has 1 radical (unpaired) electrons. The summed E-state index contributed by atoms with van der Waals surface area (Å²) in [6, 6.07) is 16.3. The molecule has 0 aliphatic rings. The third kappa shape index (κ3) is 2.74. The van der Waals surface area contributed by atoms with Gasteiger partial charge in [0.2, 0.25) is 0 Å². The topological polar surface area (TPSA) is 20.3 Å². The van der Waals surface area contributed by atoms with Crippen LogP contribution in [0.5, 0.6) is 0 Å². The van der Waals surface area contributed by atoms with Gasteiger partial charge in [-0.3, -0.25) is 4.79 Å². The number of carbonyl (C=O) groups is 1. The quantitative estimate of drug-likeness (QED) is 0.810. The second-order valence-corrected chi connectivity index (χ2v) is 4.05. The Labute approximate surface area is 106 Å². The first-order valence-corrected chi connectivity index (χ1v) is 5.63. The number of halogens is 1. The van der Waals surface area contributed by atoms with Crippen LogP contribution in [0.2, 0.25) is 0 Å². The maximum atomic E-state index is 13.5. The van der Waals surface area contributed by atoms with E-state index in [0.717, 1.165) is 5.56 Å². The van der Waals surface area contributed by atoms with Gasteiger partial charge in [-0.1, -0.05) is 36.4 Å². The normalized spacial score (nSPS) is 10.1. The predicted octanol–water partition coefficient (Wildman–Crippen LogP) is 2.90. The number of carbonyl (C=O) groups excluding carboxylic acids is 1. The van der Waals surface area contributed by atoms with Gasteiger partial charge in [0.25, 0.3) is 5.91 Å². The van der Waals surface area contributed by atoms with Gasteiger partial charge >= 0.3 is 0 Å². The molecule has 2 nitrogen and oxygen atoms in total. The van der Waals surface area contributed by atoms with Crippen LogP contribution in [0.25, 0.3) is 0 Å². The van der Waals surface area contributed by atoms with Gasteiger partial charge in [0.15, 0.2) is 0 Å². The Kier molecular flexibility index (Phi) is 3.72. The Hall–Kier alpha value is -2.16. The van der Waals surface area contributed by atoms with Crippen LogP contribution >= 0.6 is 0 Å². The van der Waals surface area contributed by atoms with Crippen LogP contribution in [0.3, 0.4) is 0 Å². The molecule has 18 heavy (non-hydrogen) atoms. The van der Waals surface area contributed by atoms with Crippen LogP contribution in [0.4, 0.5) is 4.39 Å². The summed E-state index contributed by atoms with van der Waals surface area (Å²) >= 11 is 0. The minimum atomic E-state index is -0.490. The minimum absolute atomic E-state index is 0.0995. The van der Waals surface area contributed by atoms with E-state index in [4.69, 9.17) is 0 Å². The SMILES string of the molecule is CN(Cc1cc[c]cc1)C(=O)c1ccccc1F. The van der Waals surface area contributed by atoms with Crippen molar-refractivity contribution in [1.29, 1.82) is 0 Å². The maximum Gasteiger partial charge on any atom is 0.256 e. The monoisotopic (exact) mass is 242 g/mol. The van der Waals surface area contributed by atoms with E-state index in [9.17, 15) is 9.18 Å². The number of rotatable bonds is 3. The van der Waals surface area contributed by atoms with E-state index in [1.807, 2.05) is 12.1 Å². The first-order valence-electron chi connectivity index (χ1n) is 5.63. The smallest absolute Gasteiger partial charge is 0.256 e. The number of nitrogens with zero attached hydrogens (tertiary/aromatic N) is 1. The molecule has 0 N–H and O–H groups in total. The van der Waals surface area contributed by atoms with Gasteiger partial charge in [-0.2, -0.15) is 0 Å². The number of hydrogen-bond acceptors (Lipinski definition) is 1. The highest BCUT2D eigenvalue weighted by atomic mass is 19.1. The summed E-state index contributed by atoms with van der Waals surface area (Å²) in [5.41, 5.74) is 1.09. The third-order valence-electron chi connectivity index (χ3n) is 2.66. The molecular formula is C15H13FNO. The summed E-state index contributed by atoms with van der Waals surface area (Å²) in [5, 5.41) is 0. The van der Waals surface area contributed by atoms with Gasteiger partial charge in [0, 0.05) is 13.6 Å². The molecule has 0 saturated carbocycles. The van der Waals surface area contributed by atoms with Crippen molar-refractivity contribution in [1.82, 2.24) is 4.90 Å². The lowest BCUT2D eigenvalue weighted by Crippen LogP contribution is -2.26. The highest BCUT2D eigenvalue weighted by molar-refractivity contribution is 5.94. The van der Waals surface area contributed by atoms with E-state index in [0.29, 0.717) is 6.54 Å². The van der Waals surface area contributed by atoms with E-state index in [2.05, 4.69) is 6.07 Å². The van der Waals surface area contributed by atoms with Gasteiger partial charge in [-0.15, -0.1) is 0 Å². The molecule has 1 amide bonds. The van der Waals surface area contributed by atoms with Crippen LogP contribution < -0.4 is 0 Å². The standard InChI is InChI=1S/C15H13FNO/c1-17(11-12-7-3-2-4-8-12)15(18)13-9-5-6-10-14(13)16/h3-10H,11H2,1H3. The van der Waals surface area contributed by atoms with Crippen LogP contribution in [0, 0.1) is 11.9 Å². The van der Waals surface area contributed by atoms with Crippen molar-refractivity contribution in [2.75, 3.05) is 7.05 Å². The van der Waals surface area contributed by atoms with E-state index in [-0.39, 0.29) is 11.5 Å². The van der Waals surface area contributed by atoms with Crippen molar-refractivity contribution >= 4 is 5.91 Å². The van der Waals surface area contributed by atoms with Crippen molar-refractivity contribution in [3.05, 3.63) is 71.5 Å². The molecule has 2 rings (SSSR count). The molecule has 0 fully saturated rings. The Morgan fingerprint density at radius 2 is 1.89 bits per heavy atom. The minimum Gasteiger partial charge on any atom is -0.337 e. The molecule has 0 unspecified atom stereocenters. The van der Waals surface area contributed by atoms with Crippen molar-refractivity contribution in [3.8, 4) is 0 Å². The summed E-state index contributed by atoms with van der Waals surface area (Å²) in [5.74, 6) is -0.809. The van der Waals surface area contributed by atoms with Gasteiger partial charge in [-0.25, -0.2) is 4.39 Å². The second kappa shape index (κ2) is 5.45. The van der Waals surface area contributed by atoms with Crippen LogP contribution in [0.15, 0.2) is 48.5 Å². The molecule has 0 aliphatic heterocycles. The molecule has 0 bridgehead atoms. The van der Waals surface area contributed by atoms with Crippen molar-refractivity contribution in [2.24, 2.45) is 0 Å². The highest BCUT2D eigenvalue weighted by Gasteiger charge is 2.15. The molecule has 2 aromatic rings. The average Bonchev–Trinajstić information content (AvgIpc) is 2.39. The Balaban J connectivity index is 2.13. The van der Waals surface area contributed by atoms with Crippen molar-refractivity contribution in [2.45, 2.75) is 6.54 Å². The second-order valence-electron chi connectivity index (χ2n) is 4.05. The molecule has 0 saturated heterocycles. The largest absolute Gasteiger partial charge is 0.337 e. The molecular weight excluding hydrogens is 229 g/mol. The molecule has 0 atom stereocenters. The summed E-state index contributed by atoms with van der Waals surface area (Å²) in [4.78, 5) is 13.5. The van der Waals surface area contributed by atoms with E-state index < -0.39 is 5.82 Å². The molecule has 0 heterocycles. The molecule has 0 aliphatic carbocycles. The molecule has 2 aromatic carbocycles. The average molecular weight is 242 g/mol. The number of benzene rings is 2. The van der Waals surface area contributed by atoms with Crippen LogP contribution in [-0.4, -0.2) is 17.9 Å². The predicted molar refractivity (Wildman–Crippen MR) is 67.5 cm³/mol. The molecule has 0 aromatic heterocycles. The zero-order chi connectivity index (χ0) is 13.0. The lowest BCUT2D eigenvalue weighted by Gasteiger charge is -2.17. The number of hydrogen-bond donors (Lipinski definition) is 0. The first kappa shape index (κ1) is 12.3. The third-order valence-corrected chi connectivity index (χ3v) is 2.66. The summed E-state index contributed by atoms with van der Waals surface area (Å²) in [7, 11) is 1.66. The molecule has 0 spiro atoms. The van der Waals surface area contributed by atoms with E-state index in [1.54, 1.807) is 31.3 Å². The fraction of sp³-hybridized carbons (Fsp3) is 0.133. The van der Waals surface area contributed by atoms with E-state index in [1.165, 1.54) is 17.0 Å². The van der Waals surface area contributed by atoms with Crippen LogP contribution in [0.1, 0.15) is 15.9 Å². The van der Waals surface area contributed by atoms with E-state index >= 15 is 0 Å². The molecule has 3 heteroatoms. The summed E-state index contributed by atoms with van der Waals surface area (Å²) in [6.07, 6.45) is 0. The van der Waals surface area contributed by atoms with Crippen molar-refractivity contribution in [3.63, 3.8) is 0 Å². The maximum absolute atomic E-state index is 13.5. The Morgan fingerprint density at radius 1 is 1.22 bits per heavy atom. The fourth-order valence-electron chi connectivity index (χ4n) is 1.71. The lowest BCUT2D eigenvalue weighted by atomic mass is 10.1. The van der Waals surface area contributed by atoms with Gasteiger partial charge < -0.3 is 4.90 Å². The van der Waals surface area contributed by atoms with Gasteiger partial charge in [-0.05, 0) is 23.8 Å². The zero-order valence-electron chi connectivity index (χ0n) is 10.1. The summed E-state index contributed by atoms with van der Waals surface area (Å²) in [6.45, 7) is 0.446. The first-order chi connectivity index (χ1) is 8.68. The van der Waals surface area contributed by atoms with Crippen LogP contribution in [-0.2, 0) is 6.54 Å². The van der Waals surface area contributed by atoms with Crippen molar-refractivity contribution < 1.29 is 9.18 Å². The highest BCUT2D eigenvalue weighted by Crippen LogP contribution is 2.11. The number of amides is 1. The fourth-order valence-corrected chi connectivity index (χ4v) is 1.71. The zero-order valence-corrected chi connectivity index (χ0v) is 10.1. The van der Waals surface area contributed by atoms with Gasteiger partial charge in [0.1, 0.15) is 5.82 Å². The Bertz CT molecular complexity index is 539. The van der Waals surface area contributed by atoms with Gasteiger partial charge in [0.05, 0.1) is 5.56 Å².